The molecule has 0 aliphatic rings. The molecule has 1 heterocycles. The van der Waals surface area contributed by atoms with Crippen molar-refractivity contribution in [2.75, 3.05) is 0 Å². The lowest BCUT2D eigenvalue weighted by molar-refractivity contribution is 0.459. The van der Waals surface area contributed by atoms with Crippen molar-refractivity contribution in [3.8, 4) is 11.6 Å². The Balaban J connectivity index is 2.11. The van der Waals surface area contributed by atoms with Crippen LogP contribution in [-0.2, 0) is 13.0 Å². The number of aromatic nitrogens is 1. The minimum absolute atomic E-state index is 0.462. The van der Waals surface area contributed by atoms with E-state index in [1.54, 1.807) is 0 Å². The Kier molecular flexibility index (Phi) is 5.34. The number of benzene rings is 1. The van der Waals surface area contributed by atoms with Crippen molar-refractivity contribution in [1.29, 1.82) is 0 Å². The molecule has 0 spiro atoms. The smallest absolute Gasteiger partial charge is 0.219 e. The first-order valence-electron chi connectivity index (χ1n) is 7.54. The second-order valence-electron chi connectivity index (χ2n) is 5.59. The SMILES string of the molecule is CCc1ccc(Oc2cc(CNC(C)C)cc(C)n2)cc1. The third-order valence-electron chi connectivity index (χ3n) is 3.26. The maximum atomic E-state index is 5.87. The van der Waals surface area contributed by atoms with Crippen LogP contribution in [0.25, 0.3) is 0 Å². The van der Waals surface area contributed by atoms with Crippen molar-refractivity contribution in [3.05, 3.63) is 53.2 Å². The second kappa shape index (κ2) is 7.23. The van der Waals surface area contributed by atoms with Crippen molar-refractivity contribution in [2.24, 2.45) is 0 Å². The number of nitrogens with zero attached hydrogens (tertiary/aromatic N) is 1. The van der Waals surface area contributed by atoms with Crippen molar-refractivity contribution in [3.63, 3.8) is 0 Å². The van der Waals surface area contributed by atoms with Gasteiger partial charge in [-0.25, -0.2) is 4.98 Å². The van der Waals surface area contributed by atoms with Gasteiger partial charge in [-0.2, -0.15) is 0 Å². The number of ether oxygens (including phenoxy) is 1. The normalized spacial score (nSPS) is 10.9. The average molecular weight is 284 g/mol. The molecule has 0 aliphatic carbocycles. The molecule has 0 saturated heterocycles. The van der Waals surface area contributed by atoms with Crippen LogP contribution in [0.1, 0.15) is 37.6 Å². The summed E-state index contributed by atoms with van der Waals surface area (Å²) in [6.45, 7) is 9.24. The predicted octanol–water partition coefficient (Wildman–Crippen LogP) is 4.24. The van der Waals surface area contributed by atoms with E-state index in [1.807, 2.05) is 25.1 Å². The first-order valence-corrected chi connectivity index (χ1v) is 7.54. The van der Waals surface area contributed by atoms with Crippen LogP contribution in [0.15, 0.2) is 36.4 Å². The van der Waals surface area contributed by atoms with Gasteiger partial charge < -0.3 is 10.1 Å². The molecule has 1 aromatic carbocycles. The van der Waals surface area contributed by atoms with E-state index >= 15 is 0 Å². The molecule has 0 amide bonds. The zero-order valence-corrected chi connectivity index (χ0v) is 13.3. The summed E-state index contributed by atoms with van der Waals surface area (Å²) in [7, 11) is 0. The van der Waals surface area contributed by atoms with Crippen LogP contribution in [0.2, 0.25) is 0 Å². The van der Waals surface area contributed by atoms with Gasteiger partial charge in [0.05, 0.1) is 0 Å². The summed E-state index contributed by atoms with van der Waals surface area (Å²) in [6.07, 6.45) is 1.04. The van der Waals surface area contributed by atoms with Gasteiger partial charge in [0.1, 0.15) is 5.75 Å². The van der Waals surface area contributed by atoms with Gasteiger partial charge in [0.25, 0.3) is 0 Å². The van der Waals surface area contributed by atoms with Crippen LogP contribution in [0.4, 0.5) is 0 Å². The van der Waals surface area contributed by atoms with E-state index < -0.39 is 0 Å². The summed E-state index contributed by atoms with van der Waals surface area (Å²) < 4.78 is 5.87. The number of hydrogen-bond donors (Lipinski definition) is 1. The Bertz CT molecular complexity index is 576. The third kappa shape index (κ3) is 4.87. The fourth-order valence-electron chi connectivity index (χ4n) is 2.10. The lowest BCUT2D eigenvalue weighted by Crippen LogP contribution is -2.21. The van der Waals surface area contributed by atoms with Crippen LogP contribution in [-0.4, -0.2) is 11.0 Å². The summed E-state index contributed by atoms with van der Waals surface area (Å²) in [4.78, 5) is 4.45. The highest BCUT2D eigenvalue weighted by Gasteiger charge is 2.04. The molecule has 0 atom stereocenters. The minimum Gasteiger partial charge on any atom is -0.439 e. The van der Waals surface area contributed by atoms with Crippen molar-refractivity contribution >= 4 is 0 Å². The van der Waals surface area contributed by atoms with E-state index in [2.05, 4.69) is 49.3 Å². The van der Waals surface area contributed by atoms with Crippen LogP contribution >= 0.6 is 0 Å². The number of aryl methyl sites for hydroxylation is 2. The number of rotatable bonds is 6. The van der Waals surface area contributed by atoms with Crippen LogP contribution < -0.4 is 10.1 Å². The fourth-order valence-corrected chi connectivity index (χ4v) is 2.10. The van der Waals surface area contributed by atoms with Gasteiger partial charge in [-0.05, 0) is 42.7 Å². The molecular weight excluding hydrogens is 260 g/mol. The van der Waals surface area contributed by atoms with E-state index in [-0.39, 0.29) is 0 Å². The van der Waals surface area contributed by atoms with Gasteiger partial charge in [0.2, 0.25) is 5.88 Å². The second-order valence-corrected chi connectivity index (χ2v) is 5.59. The highest BCUT2D eigenvalue weighted by atomic mass is 16.5. The monoisotopic (exact) mass is 284 g/mol. The molecule has 0 bridgehead atoms. The Morgan fingerprint density at radius 3 is 2.43 bits per heavy atom. The van der Waals surface area contributed by atoms with E-state index in [9.17, 15) is 0 Å². The van der Waals surface area contributed by atoms with Crippen LogP contribution in [0.3, 0.4) is 0 Å². The fraction of sp³-hybridized carbons (Fsp3) is 0.389. The summed E-state index contributed by atoms with van der Waals surface area (Å²) >= 11 is 0. The molecule has 0 saturated carbocycles. The number of hydrogen-bond acceptors (Lipinski definition) is 3. The molecule has 21 heavy (non-hydrogen) atoms. The highest BCUT2D eigenvalue weighted by molar-refractivity contribution is 5.32. The van der Waals surface area contributed by atoms with Crippen molar-refractivity contribution < 1.29 is 4.74 Å². The maximum Gasteiger partial charge on any atom is 0.219 e. The summed E-state index contributed by atoms with van der Waals surface area (Å²) in [6, 6.07) is 12.7. The quantitative estimate of drug-likeness (QED) is 0.861. The van der Waals surface area contributed by atoms with Gasteiger partial charge in [-0.1, -0.05) is 32.9 Å². The van der Waals surface area contributed by atoms with Crippen LogP contribution in [0.5, 0.6) is 11.6 Å². The standard InChI is InChI=1S/C18H24N2O/c1-5-15-6-8-17(9-7-15)21-18-11-16(10-14(4)20-18)12-19-13(2)3/h6-11,13,19H,5,12H2,1-4H3. The summed E-state index contributed by atoms with van der Waals surface area (Å²) in [5.74, 6) is 1.48. The zero-order valence-electron chi connectivity index (χ0n) is 13.3. The first kappa shape index (κ1) is 15.5. The van der Waals surface area contributed by atoms with Crippen molar-refractivity contribution in [2.45, 2.75) is 46.7 Å². The number of nitrogens with one attached hydrogen (secondary N) is 1. The molecule has 1 aromatic heterocycles. The zero-order chi connectivity index (χ0) is 15.2. The molecule has 2 rings (SSSR count). The van der Waals surface area contributed by atoms with Gasteiger partial charge >= 0.3 is 0 Å². The molecular formula is C18H24N2O. The van der Waals surface area contributed by atoms with Gasteiger partial charge in [0.15, 0.2) is 0 Å². The molecule has 0 fully saturated rings. The summed E-state index contributed by atoms with van der Waals surface area (Å²) in [5, 5.41) is 3.41. The Morgan fingerprint density at radius 1 is 1.10 bits per heavy atom. The van der Waals surface area contributed by atoms with E-state index in [0.29, 0.717) is 11.9 Å². The Morgan fingerprint density at radius 2 is 1.81 bits per heavy atom. The van der Waals surface area contributed by atoms with Gasteiger partial charge in [-0.15, -0.1) is 0 Å². The average Bonchev–Trinajstić information content (AvgIpc) is 2.45. The predicted molar refractivity (Wildman–Crippen MR) is 86.8 cm³/mol. The first-order chi connectivity index (χ1) is 10.1. The molecule has 3 nitrogen and oxygen atoms in total. The third-order valence-corrected chi connectivity index (χ3v) is 3.26. The molecule has 0 unspecified atom stereocenters. The minimum atomic E-state index is 0.462. The Labute approximate surface area is 127 Å². The van der Waals surface area contributed by atoms with Crippen LogP contribution in [0, 0.1) is 6.92 Å². The Hall–Kier alpha value is -1.87. The van der Waals surface area contributed by atoms with E-state index in [0.717, 1.165) is 24.4 Å². The van der Waals surface area contributed by atoms with Gasteiger partial charge in [0, 0.05) is 24.3 Å². The molecule has 0 aliphatic heterocycles. The van der Waals surface area contributed by atoms with Gasteiger partial charge in [-0.3, -0.25) is 0 Å². The lowest BCUT2D eigenvalue weighted by atomic mass is 10.2. The molecule has 2 aromatic rings. The molecule has 112 valence electrons. The molecule has 0 radical (unpaired) electrons. The largest absolute Gasteiger partial charge is 0.439 e. The lowest BCUT2D eigenvalue weighted by Gasteiger charge is -2.11. The van der Waals surface area contributed by atoms with E-state index in [1.165, 1.54) is 11.1 Å². The topological polar surface area (TPSA) is 34.1 Å². The summed E-state index contributed by atoms with van der Waals surface area (Å²) in [5.41, 5.74) is 3.47. The molecule has 1 N–H and O–H groups in total. The number of pyridine rings is 1. The van der Waals surface area contributed by atoms with Crippen molar-refractivity contribution in [1.82, 2.24) is 10.3 Å². The highest BCUT2D eigenvalue weighted by Crippen LogP contribution is 2.21. The molecule has 3 heteroatoms. The maximum absolute atomic E-state index is 5.87. The van der Waals surface area contributed by atoms with E-state index in [4.69, 9.17) is 4.74 Å².